The van der Waals surface area contributed by atoms with Crippen molar-refractivity contribution in [1.29, 1.82) is 0 Å². The van der Waals surface area contributed by atoms with Gasteiger partial charge in [0.1, 0.15) is 12.4 Å². The summed E-state index contributed by atoms with van der Waals surface area (Å²) in [6.45, 7) is -0.250. The van der Waals surface area contributed by atoms with Gasteiger partial charge < -0.3 is 10.6 Å². The van der Waals surface area contributed by atoms with Crippen molar-refractivity contribution in [2.24, 2.45) is 5.73 Å². The quantitative estimate of drug-likeness (QED) is 0.716. The van der Waals surface area contributed by atoms with Gasteiger partial charge in [0.15, 0.2) is 0 Å². The first-order valence-electron chi connectivity index (χ1n) is 9.00. The molecule has 3 aromatic carbocycles. The average Bonchev–Trinajstić information content (AvgIpc) is 3.09. The molecule has 0 saturated carbocycles. The van der Waals surface area contributed by atoms with Gasteiger partial charge >= 0.3 is 0 Å². The van der Waals surface area contributed by atoms with E-state index in [4.69, 9.17) is 17.3 Å². The largest absolute Gasteiger partial charge is 0.368 e. The zero-order valence-corrected chi connectivity index (χ0v) is 15.7. The molecule has 2 amide bonds. The molecule has 0 spiro atoms. The van der Waals surface area contributed by atoms with Crippen molar-refractivity contribution in [2.45, 2.75) is 18.9 Å². The lowest BCUT2D eigenvalue weighted by Crippen LogP contribution is -2.40. The lowest BCUT2D eigenvalue weighted by atomic mass is 10.0. The Morgan fingerprint density at radius 1 is 1.14 bits per heavy atom. The summed E-state index contributed by atoms with van der Waals surface area (Å²) in [6.07, 6.45) is 0.984. The minimum atomic E-state index is -0.621. The first-order valence-corrected chi connectivity index (χ1v) is 9.38. The highest BCUT2D eigenvalue weighted by Crippen LogP contribution is 2.39. The maximum atomic E-state index is 14.3. The molecule has 1 aliphatic carbocycles. The molecular formula is C22H18ClFN2O2. The Morgan fingerprint density at radius 2 is 1.89 bits per heavy atom. The molecule has 1 atom stereocenters. The Hall–Kier alpha value is -2.92. The number of primary amides is 1. The fourth-order valence-electron chi connectivity index (χ4n) is 4.00. The fourth-order valence-corrected chi connectivity index (χ4v) is 4.22. The van der Waals surface area contributed by atoms with Crippen LogP contribution in [0.25, 0.3) is 10.8 Å². The van der Waals surface area contributed by atoms with Gasteiger partial charge in [0.25, 0.3) is 5.91 Å². The second-order valence-electron chi connectivity index (χ2n) is 6.94. The molecule has 2 N–H and O–H groups in total. The molecule has 0 saturated heterocycles. The molecule has 142 valence electrons. The Labute approximate surface area is 166 Å². The van der Waals surface area contributed by atoms with Gasteiger partial charge in [-0.05, 0) is 52.9 Å². The van der Waals surface area contributed by atoms with Crippen LogP contribution in [0.4, 0.5) is 4.39 Å². The van der Waals surface area contributed by atoms with Gasteiger partial charge in [-0.1, -0.05) is 48.0 Å². The summed E-state index contributed by atoms with van der Waals surface area (Å²) in [5.74, 6) is -1.32. The van der Waals surface area contributed by atoms with Crippen LogP contribution < -0.4 is 5.73 Å². The minimum absolute atomic E-state index is 0.250. The summed E-state index contributed by atoms with van der Waals surface area (Å²) in [5.41, 5.74) is 7.09. The highest BCUT2D eigenvalue weighted by molar-refractivity contribution is 6.30. The van der Waals surface area contributed by atoms with Gasteiger partial charge in [0, 0.05) is 10.6 Å². The van der Waals surface area contributed by atoms with Gasteiger partial charge in [-0.25, -0.2) is 4.39 Å². The molecule has 0 fully saturated rings. The number of fused-ring (bicyclic) bond motifs is 2. The van der Waals surface area contributed by atoms with Crippen LogP contribution in [0.5, 0.6) is 0 Å². The Balaban J connectivity index is 1.80. The second-order valence-corrected chi connectivity index (χ2v) is 7.37. The smallest absolute Gasteiger partial charge is 0.255 e. The van der Waals surface area contributed by atoms with Gasteiger partial charge in [-0.15, -0.1) is 0 Å². The molecule has 6 heteroatoms. The van der Waals surface area contributed by atoms with Crippen molar-refractivity contribution in [3.8, 4) is 0 Å². The molecule has 28 heavy (non-hydrogen) atoms. The van der Waals surface area contributed by atoms with Crippen molar-refractivity contribution < 1.29 is 14.0 Å². The highest BCUT2D eigenvalue weighted by atomic mass is 35.5. The summed E-state index contributed by atoms with van der Waals surface area (Å²) < 4.78 is 14.3. The third-order valence-electron chi connectivity index (χ3n) is 5.20. The van der Waals surface area contributed by atoms with E-state index in [1.54, 1.807) is 18.2 Å². The first kappa shape index (κ1) is 18.4. The Bertz CT molecular complexity index is 1090. The molecule has 0 aromatic heterocycles. The Kier molecular flexibility index (Phi) is 4.77. The maximum Gasteiger partial charge on any atom is 0.255 e. The molecule has 1 unspecified atom stereocenters. The summed E-state index contributed by atoms with van der Waals surface area (Å²) in [7, 11) is 0. The van der Waals surface area contributed by atoms with Crippen LogP contribution in [0.3, 0.4) is 0 Å². The number of halogens is 2. The summed E-state index contributed by atoms with van der Waals surface area (Å²) in [5, 5.41) is 1.98. The lowest BCUT2D eigenvalue weighted by molar-refractivity contribution is -0.119. The highest BCUT2D eigenvalue weighted by Gasteiger charge is 2.34. The number of benzene rings is 3. The van der Waals surface area contributed by atoms with Crippen LogP contribution >= 0.6 is 11.6 Å². The van der Waals surface area contributed by atoms with Crippen molar-refractivity contribution in [3.63, 3.8) is 0 Å². The monoisotopic (exact) mass is 396 g/mol. The Morgan fingerprint density at radius 3 is 2.68 bits per heavy atom. The van der Waals surface area contributed by atoms with Crippen molar-refractivity contribution in [1.82, 2.24) is 4.90 Å². The van der Waals surface area contributed by atoms with Gasteiger partial charge in [0.2, 0.25) is 5.91 Å². The van der Waals surface area contributed by atoms with E-state index < -0.39 is 11.9 Å². The predicted molar refractivity (Wildman–Crippen MR) is 107 cm³/mol. The molecule has 0 bridgehead atoms. The molecule has 4 rings (SSSR count). The first-order chi connectivity index (χ1) is 13.5. The third kappa shape index (κ3) is 3.22. The summed E-state index contributed by atoms with van der Waals surface area (Å²) >= 11 is 6.04. The van der Waals surface area contributed by atoms with E-state index in [1.807, 2.05) is 30.3 Å². The normalized spacial score (nSPS) is 15.4. The van der Waals surface area contributed by atoms with E-state index in [2.05, 4.69) is 0 Å². The fraction of sp³-hybridized carbons (Fsp3) is 0.182. The average molecular weight is 397 g/mol. The SMILES string of the molecule is NC(=O)CN(C(=O)c1cccc2ccccc12)C1CCc2c(F)cc(Cl)cc21. The van der Waals surface area contributed by atoms with E-state index in [9.17, 15) is 14.0 Å². The molecule has 0 radical (unpaired) electrons. The van der Waals surface area contributed by atoms with Gasteiger partial charge in [-0.3, -0.25) is 9.59 Å². The number of amides is 2. The third-order valence-corrected chi connectivity index (χ3v) is 5.42. The minimum Gasteiger partial charge on any atom is -0.368 e. The molecule has 3 aromatic rings. The predicted octanol–water partition coefficient (Wildman–Crippen LogP) is 4.25. The number of nitrogens with two attached hydrogens (primary N) is 1. The zero-order valence-electron chi connectivity index (χ0n) is 15.0. The number of hydrogen-bond donors (Lipinski definition) is 1. The van der Waals surface area contributed by atoms with Crippen LogP contribution in [-0.4, -0.2) is 23.3 Å². The number of carbonyl (C=O) groups is 2. The van der Waals surface area contributed by atoms with Crippen LogP contribution in [0.15, 0.2) is 54.6 Å². The van der Waals surface area contributed by atoms with Crippen LogP contribution in [0.1, 0.15) is 33.9 Å². The van der Waals surface area contributed by atoms with Crippen LogP contribution in [-0.2, 0) is 11.2 Å². The molecule has 0 heterocycles. The number of carbonyl (C=O) groups excluding carboxylic acids is 2. The second kappa shape index (κ2) is 7.24. The van der Waals surface area contributed by atoms with E-state index >= 15 is 0 Å². The van der Waals surface area contributed by atoms with Gasteiger partial charge in [0.05, 0.1) is 6.04 Å². The summed E-state index contributed by atoms with van der Waals surface area (Å²) in [6, 6.07) is 15.5. The number of hydrogen-bond acceptors (Lipinski definition) is 2. The summed E-state index contributed by atoms with van der Waals surface area (Å²) in [4.78, 5) is 26.6. The van der Waals surface area contributed by atoms with Crippen molar-refractivity contribution in [3.05, 3.63) is 82.1 Å². The van der Waals surface area contributed by atoms with E-state index in [1.165, 1.54) is 11.0 Å². The lowest BCUT2D eigenvalue weighted by Gasteiger charge is -2.29. The van der Waals surface area contributed by atoms with Crippen molar-refractivity contribution in [2.75, 3.05) is 6.54 Å². The standard InChI is InChI=1S/C22H18ClFN2O2/c23-14-10-18-16(19(24)11-14)8-9-20(18)26(12-21(25)27)22(28)17-7-3-5-13-4-1-2-6-15(13)17/h1-7,10-11,20H,8-9,12H2,(H2,25,27). The maximum absolute atomic E-state index is 14.3. The van der Waals surface area contributed by atoms with E-state index in [0.717, 1.165) is 10.8 Å². The molecule has 1 aliphatic rings. The molecule has 0 aliphatic heterocycles. The van der Waals surface area contributed by atoms with Crippen LogP contribution in [0.2, 0.25) is 5.02 Å². The van der Waals surface area contributed by atoms with Gasteiger partial charge in [-0.2, -0.15) is 0 Å². The van der Waals surface area contributed by atoms with E-state index in [-0.39, 0.29) is 23.3 Å². The number of rotatable bonds is 4. The van der Waals surface area contributed by atoms with E-state index in [0.29, 0.717) is 29.5 Å². The number of nitrogens with zero attached hydrogens (tertiary/aromatic N) is 1. The molecule has 4 nitrogen and oxygen atoms in total. The topological polar surface area (TPSA) is 63.4 Å². The van der Waals surface area contributed by atoms with Crippen molar-refractivity contribution >= 4 is 34.2 Å². The zero-order chi connectivity index (χ0) is 19.8. The molecular weight excluding hydrogens is 379 g/mol. The van der Waals surface area contributed by atoms with Crippen LogP contribution in [0, 0.1) is 5.82 Å².